The van der Waals surface area contributed by atoms with Gasteiger partial charge in [0.1, 0.15) is 0 Å². The van der Waals surface area contributed by atoms with E-state index >= 15 is 0 Å². The third kappa shape index (κ3) is 19.6. The molecule has 2 saturated heterocycles. The highest BCUT2D eigenvalue weighted by atomic mass is 16.1. The van der Waals surface area contributed by atoms with E-state index < -0.39 is 0 Å². The van der Waals surface area contributed by atoms with Crippen LogP contribution < -0.4 is 5.32 Å². The second kappa shape index (κ2) is 23.4. The molecule has 2 aliphatic rings. The van der Waals surface area contributed by atoms with Gasteiger partial charge in [-0.15, -0.1) is 0 Å². The zero-order chi connectivity index (χ0) is 20.1. The first kappa shape index (κ1) is 29.2. The van der Waals surface area contributed by atoms with Gasteiger partial charge in [-0.2, -0.15) is 0 Å². The number of amides is 1. The Hall–Kier alpha value is -0.610. The third-order valence-corrected chi connectivity index (χ3v) is 3.92. The van der Waals surface area contributed by atoms with Crippen molar-refractivity contribution >= 4 is 5.91 Å². The predicted octanol–water partition coefficient (Wildman–Crippen LogP) is 4.65. The van der Waals surface area contributed by atoms with E-state index in [1.54, 1.807) is 7.05 Å². The second-order valence-electron chi connectivity index (χ2n) is 6.26. The molecule has 0 saturated carbocycles. The molecule has 0 atom stereocenters. The zero-order valence-corrected chi connectivity index (χ0v) is 19.0. The van der Waals surface area contributed by atoms with E-state index in [0.29, 0.717) is 0 Å². The maximum absolute atomic E-state index is 11.1. The molecule has 2 rings (SSSR count). The minimum Gasteiger partial charge on any atom is -0.359 e. The highest BCUT2D eigenvalue weighted by Crippen LogP contribution is 2.15. The first-order chi connectivity index (χ1) is 12.0. The highest BCUT2D eigenvalue weighted by Gasteiger charge is 2.21. The van der Waals surface area contributed by atoms with E-state index in [2.05, 4.69) is 43.1 Å². The summed E-state index contributed by atoms with van der Waals surface area (Å²) in [5, 5.41) is 2.69. The SMILES string of the molecule is CC.CC.CCC.CN1CCCCC1.CNC(=O)C1CCN(C)CC1. The summed E-state index contributed by atoms with van der Waals surface area (Å²) in [7, 11) is 6.00. The predicted molar refractivity (Wildman–Crippen MR) is 114 cm³/mol. The van der Waals surface area contributed by atoms with Gasteiger partial charge >= 0.3 is 0 Å². The van der Waals surface area contributed by atoms with Crippen molar-refractivity contribution in [2.75, 3.05) is 47.3 Å². The van der Waals surface area contributed by atoms with Gasteiger partial charge in [0.25, 0.3) is 0 Å². The molecular weight excluding hydrogens is 310 g/mol. The number of carbonyl (C=O) groups excluding carboxylic acids is 1. The minimum atomic E-state index is 0.207. The molecule has 0 aliphatic carbocycles. The van der Waals surface area contributed by atoms with Crippen molar-refractivity contribution in [3.05, 3.63) is 0 Å². The van der Waals surface area contributed by atoms with Crippen molar-refractivity contribution in [1.82, 2.24) is 15.1 Å². The summed E-state index contributed by atoms with van der Waals surface area (Å²) in [6.45, 7) is 17.0. The number of nitrogens with zero attached hydrogens (tertiary/aromatic N) is 2. The third-order valence-electron chi connectivity index (χ3n) is 3.92. The van der Waals surface area contributed by atoms with Gasteiger partial charge in [0.15, 0.2) is 0 Å². The van der Waals surface area contributed by atoms with Crippen molar-refractivity contribution in [3.63, 3.8) is 0 Å². The Morgan fingerprint density at radius 3 is 1.48 bits per heavy atom. The van der Waals surface area contributed by atoms with Crippen LogP contribution in [0.3, 0.4) is 0 Å². The van der Waals surface area contributed by atoms with Crippen LogP contribution in [-0.2, 0) is 4.79 Å². The number of piperidine rings is 2. The standard InChI is InChI=1S/C8H16N2O.C6H13N.C3H8.2C2H6/c1-9-8(11)7-3-5-10(2)6-4-7;1-7-5-3-2-4-6-7;1-3-2;2*1-2/h7H,3-6H2,1-2H3,(H,9,11);2-6H2,1H3;3H2,1-2H3;2*1-2H3. The molecule has 0 spiro atoms. The van der Waals surface area contributed by atoms with Crippen LogP contribution in [-0.4, -0.2) is 63.0 Å². The van der Waals surface area contributed by atoms with Crippen molar-refractivity contribution < 1.29 is 4.79 Å². The Labute approximate surface area is 159 Å². The fourth-order valence-corrected chi connectivity index (χ4v) is 2.53. The lowest BCUT2D eigenvalue weighted by Gasteiger charge is -2.27. The van der Waals surface area contributed by atoms with Crippen molar-refractivity contribution in [2.24, 2.45) is 5.92 Å². The van der Waals surface area contributed by atoms with Gasteiger partial charge in [-0.1, -0.05) is 54.4 Å². The number of nitrogens with one attached hydrogen (secondary N) is 1. The van der Waals surface area contributed by atoms with Crippen LogP contribution in [0.5, 0.6) is 0 Å². The number of rotatable bonds is 1. The zero-order valence-electron chi connectivity index (χ0n) is 19.0. The van der Waals surface area contributed by atoms with Crippen LogP contribution in [0.1, 0.15) is 80.1 Å². The molecule has 1 N–H and O–H groups in total. The fraction of sp³-hybridized carbons (Fsp3) is 0.952. The molecule has 2 heterocycles. The molecule has 0 aromatic heterocycles. The topological polar surface area (TPSA) is 35.6 Å². The normalized spacial score (nSPS) is 17.8. The second-order valence-corrected chi connectivity index (χ2v) is 6.26. The highest BCUT2D eigenvalue weighted by molar-refractivity contribution is 5.78. The summed E-state index contributed by atoms with van der Waals surface area (Å²) in [6.07, 6.45) is 7.55. The molecule has 4 nitrogen and oxygen atoms in total. The fourth-order valence-electron chi connectivity index (χ4n) is 2.53. The van der Waals surface area contributed by atoms with Gasteiger partial charge in [0.2, 0.25) is 5.91 Å². The molecule has 0 bridgehead atoms. The maximum atomic E-state index is 11.1. The van der Waals surface area contributed by atoms with E-state index in [-0.39, 0.29) is 11.8 Å². The van der Waals surface area contributed by atoms with Crippen LogP contribution in [0, 0.1) is 5.92 Å². The Morgan fingerprint density at radius 1 is 0.840 bits per heavy atom. The molecule has 0 aromatic carbocycles. The lowest BCUT2D eigenvalue weighted by molar-refractivity contribution is -0.125. The Bertz CT molecular complexity index is 246. The van der Waals surface area contributed by atoms with Gasteiger partial charge in [0, 0.05) is 13.0 Å². The quantitative estimate of drug-likeness (QED) is 0.740. The lowest BCUT2D eigenvalue weighted by Crippen LogP contribution is -2.37. The average Bonchev–Trinajstić information content (AvgIpc) is 2.67. The molecule has 0 aromatic rings. The average molecular weight is 360 g/mol. The summed E-state index contributed by atoms with van der Waals surface area (Å²) in [5.41, 5.74) is 0. The number of likely N-dealkylation sites (tertiary alicyclic amines) is 2. The first-order valence-electron chi connectivity index (χ1n) is 10.6. The van der Waals surface area contributed by atoms with Gasteiger partial charge in [0.05, 0.1) is 0 Å². The molecular formula is C21H49N3O. The molecule has 0 radical (unpaired) electrons. The van der Waals surface area contributed by atoms with E-state index in [0.717, 1.165) is 25.9 Å². The van der Waals surface area contributed by atoms with E-state index in [9.17, 15) is 4.79 Å². The van der Waals surface area contributed by atoms with E-state index in [1.807, 2.05) is 27.7 Å². The number of carbonyl (C=O) groups is 1. The summed E-state index contributed by atoms with van der Waals surface area (Å²) >= 11 is 0. The Balaban J connectivity index is -0.000000298. The molecule has 2 aliphatic heterocycles. The van der Waals surface area contributed by atoms with Crippen molar-refractivity contribution in [2.45, 2.75) is 80.1 Å². The van der Waals surface area contributed by atoms with Crippen LogP contribution in [0.15, 0.2) is 0 Å². The van der Waals surface area contributed by atoms with Crippen LogP contribution in [0.4, 0.5) is 0 Å². The van der Waals surface area contributed by atoms with E-state index in [1.165, 1.54) is 38.8 Å². The number of hydrogen-bond donors (Lipinski definition) is 1. The van der Waals surface area contributed by atoms with Gasteiger partial charge in [-0.25, -0.2) is 0 Å². The smallest absolute Gasteiger partial charge is 0.222 e. The van der Waals surface area contributed by atoms with E-state index in [4.69, 9.17) is 0 Å². The summed E-state index contributed by atoms with van der Waals surface area (Å²) in [5.74, 6) is 0.467. The van der Waals surface area contributed by atoms with Gasteiger partial charge < -0.3 is 15.1 Å². The molecule has 154 valence electrons. The largest absolute Gasteiger partial charge is 0.359 e. The monoisotopic (exact) mass is 359 g/mol. The van der Waals surface area contributed by atoms with Crippen LogP contribution in [0.25, 0.3) is 0 Å². The Morgan fingerprint density at radius 2 is 1.20 bits per heavy atom. The molecule has 25 heavy (non-hydrogen) atoms. The van der Waals surface area contributed by atoms with Crippen molar-refractivity contribution in [1.29, 1.82) is 0 Å². The molecule has 2 fully saturated rings. The van der Waals surface area contributed by atoms with Crippen LogP contribution >= 0.6 is 0 Å². The molecule has 1 amide bonds. The van der Waals surface area contributed by atoms with Crippen molar-refractivity contribution in [3.8, 4) is 0 Å². The molecule has 4 heteroatoms. The summed E-state index contributed by atoms with van der Waals surface area (Å²) in [6, 6.07) is 0. The number of hydrogen-bond acceptors (Lipinski definition) is 3. The van der Waals surface area contributed by atoms with Gasteiger partial charge in [-0.05, 0) is 66.0 Å². The first-order valence-corrected chi connectivity index (χ1v) is 10.6. The maximum Gasteiger partial charge on any atom is 0.222 e. The molecule has 0 unspecified atom stereocenters. The summed E-state index contributed by atoms with van der Waals surface area (Å²) in [4.78, 5) is 15.8. The van der Waals surface area contributed by atoms with Gasteiger partial charge in [-0.3, -0.25) is 4.79 Å². The Kier molecular flexibility index (Phi) is 27.3. The lowest BCUT2D eigenvalue weighted by atomic mass is 9.96. The van der Waals surface area contributed by atoms with Crippen LogP contribution in [0.2, 0.25) is 0 Å². The minimum absolute atomic E-state index is 0.207. The summed E-state index contributed by atoms with van der Waals surface area (Å²) < 4.78 is 0.